The Hall–Kier alpha value is -3.12. The molecule has 0 saturated carbocycles. The molecule has 0 bridgehead atoms. The highest BCUT2D eigenvalue weighted by atomic mass is 35.5. The largest absolute Gasteiger partial charge is 0.494 e. The zero-order valence-electron chi connectivity index (χ0n) is 16.2. The SMILES string of the molecule is CCCCCOc1cccc(C=NNc2cnn(-c3ccccc3)c(=O)c2Cl)c1. The standard InChI is InChI=1S/C22H23ClN4O2/c1-2-3-7-13-29-19-12-8-9-17(14-19)15-24-26-20-16-25-27(22(28)21(20)23)18-10-5-4-6-11-18/h4-6,8-12,14-16,26H,2-3,7,13H2,1H3. The molecule has 0 fully saturated rings. The molecular formula is C22H23ClN4O2. The fourth-order valence-corrected chi connectivity index (χ4v) is 2.84. The second-order valence-corrected chi connectivity index (χ2v) is 6.80. The Bertz CT molecular complexity index is 1020. The van der Waals surface area contributed by atoms with E-state index in [4.69, 9.17) is 16.3 Å². The lowest BCUT2D eigenvalue weighted by Gasteiger charge is -2.08. The lowest BCUT2D eigenvalue weighted by Crippen LogP contribution is -2.22. The summed E-state index contributed by atoms with van der Waals surface area (Å²) in [6.07, 6.45) is 6.47. The smallest absolute Gasteiger partial charge is 0.292 e. The normalized spacial score (nSPS) is 11.0. The van der Waals surface area contributed by atoms with E-state index < -0.39 is 5.56 Å². The molecule has 7 heteroatoms. The van der Waals surface area contributed by atoms with Gasteiger partial charge in [-0.3, -0.25) is 10.2 Å². The van der Waals surface area contributed by atoms with Crippen molar-refractivity contribution in [3.63, 3.8) is 0 Å². The quantitative estimate of drug-likeness (QED) is 0.309. The summed E-state index contributed by atoms with van der Waals surface area (Å²) in [5, 5.41) is 8.35. The average molecular weight is 411 g/mol. The molecule has 0 aliphatic carbocycles. The van der Waals surface area contributed by atoms with Crippen molar-refractivity contribution in [3.8, 4) is 11.4 Å². The number of nitrogens with zero attached hydrogens (tertiary/aromatic N) is 3. The van der Waals surface area contributed by atoms with E-state index in [2.05, 4.69) is 22.5 Å². The average Bonchev–Trinajstić information content (AvgIpc) is 2.75. The van der Waals surface area contributed by atoms with Gasteiger partial charge in [-0.1, -0.05) is 61.7 Å². The van der Waals surface area contributed by atoms with Crippen LogP contribution in [-0.4, -0.2) is 22.6 Å². The number of rotatable bonds is 9. The molecule has 0 aliphatic rings. The van der Waals surface area contributed by atoms with Crippen LogP contribution in [0, 0.1) is 0 Å². The van der Waals surface area contributed by atoms with Gasteiger partial charge in [-0.15, -0.1) is 0 Å². The van der Waals surface area contributed by atoms with Crippen LogP contribution in [0.25, 0.3) is 5.69 Å². The van der Waals surface area contributed by atoms with Gasteiger partial charge in [0.25, 0.3) is 5.56 Å². The van der Waals surface area contributed by atoms with Crippen LogP contribution in [0.1, 0.15) is 31.7 Å². The van der Waals surface area contributed by atoms with Gasteiger partial charge in [0, 0.05) is 0 Å². The van der Waals surface area contributed by atoms with E-state index in [1.165, 1.54) is 10.9 Å². The van der Waals surface area contributed by atoms with Crippen LogP contribution in [0.15, 0.2) is 70.7 Å². The first kappa shape index (κ1) is 20.6. The van der Waals surface area contributed by atoms with Gasteiger partial charge in [0.2, 0.25) is 0 Å². The summed E-state index contributed by atoms with van der Waals surface area (Å²) in [4.78, 5) is 12.5. The second kappa shape index (κ2) is 10.4. The molecular weight excluding hydrogens is 388 g/mol. The van der Waals surface area contributed by atoms with Crippen LogP contribution in [0.2, 0.25) is 5.02 Å². The summed E-state index contributed by atoms with van der Waals surface area (Å²) in [5.74, 6) is 0.801. The van der Waals surface area contributed by atoms with E-state index >= 15 is 0 Å². The summed E-state index contributed by atoms with van der Waals surface area (Å²) < 4.78 is 6.99. The van der Waals surface area contributed by atoms with Crippen molar-refractivity contribution < 1.29 is 4.74 Å². The van der Waals surface area contributed by atoms with E-state index in [9.17, 15) is 4.79 Å². The molecule has 0 amide bonds. The van der Waals surface area contributed by atoms with Crippen LogP contribution < -0.4 is 15.7 Å². The number of halogens is 1. The number of nitrogens with one attached hydrogen (secondary N) is 1. The molecule has 0 radical (unpaired) electrons. The molecule has 0 unspecified atom stereocenters. The Morgan fingerprint density at radius 1 is 1.17 bits per heavy atom. The van der Waals surface area contributed by atoms with Gasteiger partial charge in [-0.05, 0) is 36.2 Å². The number of benzene rings is 2. The van der Waals surface area contributed by atoms with Crippen LogP contribution in [-0.2, 0) is 0 Å². The number of unbranched alkanes of at least 4 members (excludes halogenated alkanes) is 2. The highest BCUT2D eigenvalue weighted by Gasteiger charge is 2.09. The molecule has 3 aromatic rings. The van der Waals surface area contributed by atoms with Crippen molar-refractivity contribution in [1.82, 2.24) is 9.78 Å². The number of ether oxygens (including phenoxy) is 1. The lowest BCUT2D eigenvalue weighted by molar-refractivity contribution is 0.306. The van der Waals surface area contributed by atoms with Crippen molar-refractivity contribution in [3.05, 3.63) is 81.7 Å². The molecule has 1 heterocycles. The van der Waals surface area contributed by atoms with Crippen LogP contribution in [0.3, 0.4) is 0 Å². The van der Waals surface area contributed by atoms with Crippen molar-refractivity contribution in [1.29, 1.82) is 0 Å². The van der Waals surface area contributed by atoms with Crippen LogP contribution >= 0.6 is 11.6 Å². The zero-order valence-corrected chi connectivity index (χ0v) is 17.0. The molecule has 1 N–H and O–H groups in total. The predicted octanol–water partition coefficient (Wildman–Crippen LogP) is 4.90. The summed E-state index contributed by atoms with van der Waals surface area (Å²) in [5.41, 5.74) is 4.22. The fourth-order valence-electron chi connectivity index (χ4n) is 2.67. The van der Waals surface area contributed by atoms with E-state index in [0.29, 0.717) is 18.0 Å². The minimum absolute atomic E-state index is 0.0222. The second-order valence-electron chi connectivity index (χ2n) is 6.42. The number of anilines is 1. The number of hydrogen-bond donors (Lipinski definition) is 1. The first-order valence-electron chi connectivity index (χ1n) is 9.54. The maximum Gasteiger partial charge on any atom is 0.292 e. The Kier molecular flexibility index (Phi) is 7.41. The zero-order chi connectivity index (χ0) is 20.5. The molecule has 150 valence electrons. The number of hydrazone groups is 1. The third-order valence-corrected chi connectivity index (χ3v) is 4.56. The third-order valence-electron chi connectivity index (χ3n) is 4.19. The molecule has 0 spiro atoms. The highest BCUT2D eigenvalue weighted by molar-refractivity contribution is 6.32. The highest BCUT2D eigenvalue weighted by Crippen LogP contribution is 2.17. The molecule has 0 atom stereocenters. The summed E-state index contributed by atoms with van der Waals surface area (Å²) >= 11 is 6.21. The molecule has 2 aromatic carbocycles. The minimum atomic E-state index is -0.416. The summed E-state index contributed by atoms with van der Waals surface area (Å²) in [6, 6.07) is 16.7. The van der Waals surface area contributed by atoms with Crippen molar-refractivity contribution in [2.45, 2.75) is 26.2 Å². The van der Waals surface area contributed by atoms with E-state index in [1.807, 2.05) is 42.5 Å². The molecule has 0 aliphatic heterocycles. The molecule has 6 nitrogen and oxygen atoms in total. The summed E-state index contributed by atoms with van der Waals surface area (Å²) in [6.45, 7) is 2.86. The fraction of sp³-hybridized carbons (Fsp3) is 0.227. The van der Waals surface area contributed by atoms with Gasteiger partial charge >= 0.3 is 0 Å². The maximum absolute atomic E-state index is 12.5. The van der Waals surface area contributed by atoms with Gasteiger partial charge in [0.05, 0.1) is 24.7 Å². The number of hydrogen-bond acceptors (Lipinski definition) is 5. The topological polar surface area (TPSA) is 68.5 Å². The predicted molar refractivity (Wildman–Crippen MR) is 118 cm³/mol. The van der Waals surface area contributed by atoms with Crippen molar-refractivity contribution in [2.75, 3.05) is 12.0 Å². The molecule has 0 saturated heterocycles. The van der Waals surface area contributed by atoms with E-state index in [0.717, 1.165) is 30.6 Å². The van der Waals surface area contributed by atoms with Gasteiger partial charge in [0.15, 0.2) is 0 Å². The Balaban J connectivity index is 1.66. The number of para-hydroxylation sites is 1. The first-order chi connectivity index (χ1) is 14.2. The van der Waals surface area contributed by atoms with E-state index in [-0.39, 0.29) is 5.02 Å². The van der Waals surface area contributed by atoms with Gasteiger partial charge in [-0.25, -0.2) is 0 Å². The van der Waals surface area contributed by atoms with Crippen LogP contribution in [0.4, 0.5) is 5.69 Å². The number of aromatic nitrogens is 2. The summed E-state index contributed by atoms with van der Waals surface area (Å²) in [7, 11) is 0. The van der Waals surface area contributed by atoms with Crippen molar-refractivity contribution >= 4 is 23.5 Å². The first-order valence-corrected chi connectivity index (χ1v) is 9.92. The Morgan fingerprint density at radius 3 is 2.79 bits per heavy atom. The molecule has 3 rings (SSSR count). The van der Waals surface area contributed by atoms with Gasteiger partial charge in [0.1, 0.15) is 16.5 Å². The lowest BCUT2D eigenvalue weighted by atomic mass is 10.2. The van der Waals surface area contributed by atoms with E-state index in [1.54, 1.807) is 18.3 Å². The monoisotopic (exact) mass is 410 g/mol. The maximum atomic E-state index is 12.5. The third kappa shape index (κ3) is 5.68. The Morgan fingerprint density at radius 2 is 2.00 bits per heavy atom. The van der Waals surface area contributed by atoms with Crippen LogP contribution in [0.5, 0.6) is 5.75 Å². The van der Waals surface area contributed by atoms with Gasteiger partial charge < -0.3 is 4.74 Å². The Labute approximate surface area is 174 Å². The minimum Gasteiger partial charge on any atom is -0.494 e. The van der Waals surface area contributed by atoms with Crippen molar-refractivity contribution in [2.24, 2.45) is 5.10 Å². The molecule has 1 aromatic heterocycles. The molecule has 29 heavy (non-hydrogen) atoms. The van der Waals surface area contributed by atoms with Gasteiger partial charge in [-0.2, -0.15) is 14.9 Å².